The van der Waals surface area contributed by atoms with Gasteiger partial charge < -0.3 is 14.2 Å². The molecule has 22 heavy (non-hydrogen) atoms. The normalized spacial score (nSPS) is 11.8. The monoisotopic (exact) mass is 340 g/mol. The molecule has 8 nitrogen and oxygen atoms in total. The molecule has 0 spiro atoms. The molecule has 0 saturated carbocycles. The number of hydrogen-bond donors (Lipinski definition) is 1. The summed E-state index contributed by atoms with van der Waals surface area (Å²) in [4.78, 5) is 22.4. The Morgan fingerprint density at radius 2 is 1.77 bits per heavy atom. The number of rotatable bonds is 6. The van der Waals surface area contributed by atoms with E-state index in [1.54, 1.807) is 0 Å². The number of methoxy groups -OCH3 is 1. The fourth-order valence-corrected chi connectivity index (χ4v) is 1.38. The third-order valence-electron chi connectivity index (χ3n) is 2.17. The zero-order chi connectivity index (χ0) is 17.0. The summed E-state index contributed by atoms with van der Waals surface area (Å²) in [7, 11) is -4.65. The Balaban J connectivity index is 2.81. The quantitative estimate of drug-likeness (QED) is 0.350. The Hall–Kier alpha value is -2.11. The van der Waals surface area contributed by atoms with Gasteiger partial charge in [-0.05, 0) is 24.3 Å². The Kier molecular flexibility index (Phi) is 5.52. The minimum absolute atomic E-state index is 0.0124. The van der Waals surface area contributed by atoms with E-state index in [1.807, 2.05) is 0 Å². The molecule has 0 saturated heterocycles. The second kappa shape index (κ2) is 6.77. The van der Waals surface area contributed by atoms with Gasteiger partial charge in [0.2, 0.25) is 0 Å². The van der Waals surface area contributed by atoms with Crippen molar-refractivity contribution >= 4 is 22.1 Å². The van der Waals surface area contributed by atoms with Gasteiger partial charge in [-0.2, -0.15) is 17.2 Å². The standard InChI is InChI=1S/C11H10F2O8S/c1-19-6-20-9(14)7-2-4-8(5-3-7)21-10(15)11(12,13)22(16,17)18/h2-5H,6H2,1H3,(H,16,17,18). The molecule has 0 amide bonds. The first-order valence-corrected chi connectivity index (χ1v) is 6.87. The van der Waals surface area contributed by atoms with Crippen LogP contribution in [0.15, 0.2) is 24.3 Å². The van der Waals surface area contributed by atoms with E-state index in [-0.39, 0.29) is 12.4 Å². The molecule has 1 rings (SSSR count). The van der Waals surface area contributed by atoms with Gasteiger partial charge in [-0.15, -0.1) is 0 Å². The predicted molar refractivity (Wildman–Crippen MR) is 65.9 cm³/mol. The highest BCUT2D eigenvalue weighted by atomic mass is 32.2. The highest BCUT2D eigenvalue weighted by molar-refractivity contribution is 7.87. The first-order chi connectivity index (χ1) is 10.1. The number of esters is 2. The van der Waals surface area contributed by atoms with Crippen LogP contribution in [0.2, 0.25) is 0 Å². The van der Waals surface area contributed by atoms with Crippen LogP contribution >= 0.6 is 0 Å². The fourth-order valence-electron chi connectivity index (χ4n) is 1.13. The number of carbonyl (C=O) groups is 2. The lowest BCUT2D eigenvalue weighted by Gasteiger charge is -2.11. The molecule has 0 aliphatic rings. The van der Waals surface area contributed by atoms with Crippen molar-refractivity contribution in [1.29, 1.82) is 0 Å². The number of ether oxygens (including phenoxy) is 3. The van der Waals surface area contributed by atoms with Gasteiger partial charge in [0.15, 0.2) is 6.79 Å². The van der Waals surface area contributed by atoms with E-state index in [0.29, 0.717) is 0 Å². The molecule has 0 aliphatic heterocycles. The molecular weight excluding hydrogens is 330 g/mol. The maximum Gasteiger partial charge on any atom is 0.466 e. The van der Waals surface area contributed by atoms with Crippen molar-refractivity contribution in [2.45, 2.75) is 5.25 Å². The third-order valence-corrected chi connectivity index (χ3v) is 2.98. The highest BCUT2D eigenvalue weighted by Crippen LogP contribution is 2.24. The van der Waals surface area contributed by atoms with Gasteiger partial charge in [0.05, 0.1) is 5.56 Å². The topological polar surface area (TPSA) is 116 Å². The maximum absolute atomic E-state index is 13.0. The van der Waals surface area contributed by atoms with E-state index in [9.17, 15) is 26.8 Å². The van der Waals surface area contributed by atoms with Crippen molar-refractivity contribution in [1.82, 2.24) is 0 Å². The minimum Gasteiger partial charge on any atom is -0.435 e. The lowest BCUT2D eigenvalue weighted by Crippen LogP contribution is -2.40. The molecule has 0 aromatic heterocycles. The predicted octanol–water partition coefficient (Wildman–Crippen LogP) is 0.833. The van der Waals surface area contributed by atoms with E-state index in [1.165, 1.54) is 7.11 Å². The average Bonchev–Trinajstić information content (AvgIpc) is 2.44. The zero-order valence-electron chi connectivity index (χ0n) is 11.0. The lowest BCUT2D eigenvalue weighted by molar-refractivity contribution is -0.151. The molecule has 0 bridgehead atoms. The van der Waals surface area contributed by atoms with Gasteiger partial charge in [-0.1, -0.05) is 0 Å². The molecule has 1 N–H and O–H groups in total. The van der Waals surface area contributed by atoms with E-state index in [4.69, 9.17) is 4.55 Å². The number of halogens is 2. The van der Waals surface area contributed by atoms with E-state index < -0.39 is 33.1 Å². The smallest absolute Gasteiger partial charge is 0.435 e. The van der Waals surface area contributed by atoms with Crippen LogP contribution in [0.5, 0.6) is 5.75 Å². The second-order valence-electron chi connectivity index (χ2n) is 3.74. The number of hydrogen-bond acceptors (Lipinski definition) is 7. The van der Waals surface area contributed by atoms with Gasteiger partial charge in [-0.3, -0.25) is 4.55 Å². The molecule has 1 aromatic carbocycles. The van der Waals surface area contributed by atoms with Crippen molar-refractivity contribution < 1.29 is 45.6 Å². The Bertz CT molecular complexity index is 653. The van der Waals surface area contributed by atoms with Crippen molar-refractivity contribution in [2.24, 2.45) is 0 Å². The van der Waals surface area contributed by atoms with Gasteiger partial charge >= 0.3 is 27.3 Å². The van der Waals surface area contributed by atoms with Crippen LogP contribution in [0.1, 0.15) is 10.4 Å². The molecule has 0 heterocycles. The summed E-state index contributed by atoms with van der Waals surface area (Å²) >= 11 is 0. The van der Waals surface area contributed by atoms with Crippen molar-refractivity contribution in [2.75, 3.05) is 13.9 Å². The van der Waals surface area contributed by atoms with Gasteiger partial charge in [-0.25, -0.2) is 9.59 Å². The summed E-state index contributed by atoms with van der Waals surface area (Å²) in [6.45, 7) is -0.295. The summed E-state index contributed by atoms with van der Waals surface area (Å²) in [5, 5.41) is -5.11. The second-order valence-corrected chi connectivity index (χ2v) is 5.21. The third kappa shape index (κ3) is 4.19. The maximum atomic E-state index is 13.0. The van der Waals surface area contributed by atoms with E-state index in [2.05, 4.69) is 14.2 Å². The summed E-state index contributed by atoms with van der Waals surface area (Å²) in [6, 6.07) is 4.10. The van der Waals surface area contributed by atoms with Crippen LogP contribution < -0.4 is 4.74 Å². The molecule has 0 radical (unpaired) electrons. The summed E-state index contributed by atoms with van der Waals surface area (Å²) in [6.07, 6.45) is 0. The highest BCUT2D eigenvalue weighted by Gasteiger charge is 2.54. The lowest BCUT2D eigenvalue weighted by atomic mass is 10.2. The Morgan fingerprint density at radius 3 is 2.23 bits per heavy atom. The van der Waals surface area contributed by atoms with Crippen molar-refractivity contribution in [3.8, 4) is 5.75 Å². The van der Waals surface area contributed by atoms with E-state index >= 15 is 0 Å². The largest absolute Gasteiger partial charge is 0.466 e. The molecule has 0 atom stereocenters. The molecule has 0 fully saturated rings. The van der Waals surface area contributed by atoms with Gasteiger partial charge in [0.25, 0.3) is 0 Å². The molecule has 11 heteroatoms. The van der Waals surface area contributed by atoms with Crippen LogP contribution in [-0.2, 0) is 24.4 Å². The SMILES string of the molecule is COCOC(=O)c1ccc(OC(=O)C(F)(F)S(=O)(=O)O)cc1. The molecule has 0 unspecified atom stereocenters. The van der Waals surface area contributed by atoms with Gasteiger partial charge in [0.1, 0.15) is 5.75 Å². The van der Waals surface area contributed by atoms with Gasteiger partial charge in [0, 0.05) is 7.11 Å². The first-order valence-electron chi connectivity index (χ1n) is 5.43. The van der Waals surface area contributed by atoms with Crippen molar-refractivity contribution in [3.05, 3.63) is 29.8 Å². The number of benzene rings is 1. The van der Waals surface area contributed by atoms with Crippen LogP contribution in [0, 0.1) is 0 Å². The Labute approximate surface area is 123 Å². The minimum atomic E-state index is -5.95. The van der Waals surface area contributed by atoms with Crippen molar-refractivity contribution in [3.63, 3.8) is 0 Å². The van der Waals surface area contributed by atoms with Crippen LogP contribution in [0.4, 0.5) is 8.78 Å². The Morgan fingerprint density at radius 1 is 1.23 bits per heavy atom. The molecular formula is C11H10F2O8S. The summed E-state index contributed by atoms with van der Waals surface area (Å²) in [5.74, 6) is -3.72. The van der Waals surface area contributed by atoms with E-state index in [0.717, 1.165) is 24.3 Å². The number of alkyl halides is 2. The average molecular weight is 340 g/mol. The fraction of sp³-hybridized carbons (Fsp3) is 0.273. The molecule has 1 aromatic rings. The molecule has 0 aliphatic carbocycles. The van der Waals surface area contributed by atoms with Crippen LogP contribution in [0.3, 0.4) is 0 Å². The molecule has 122 valence electrons. The zero-order valence-corrected chi connectivity index (χ0v) is 11.8. The first kappa shape index (κ1) is 17.9. The summed E-state index contributed by atoms with van der Waals surface area (Å²) < 4.78 is 68.1. The summed E-state index contributed by atoms with van der Waals surface area (Å²) in [5.41, 5.74) is 0.0124. The number of carbonyl (C=O) groups excluding carboxylic acids is 2. The van der Waals surface area contributed by atoms with Crippen LogP contribution in [-0.4, -0.2) is 44.1 Å². The van der Waals surface area contributed by atoms with Crippen LogP contribution in [0.25, 0.3) is 0 Å².